The van der Waals surface area contributed by atoms with Gasteiger partial charge in [-0.1, -0.05) is 27.2 Å². The molecule has 0 bridgehead atoms. The first-order valence-corrected chi connectivity index (χ1v) is 8.76. The van der Waals surface area contributed by atoms with Crippen molar-refractivity contribution in [3.05, 3.63) is 18.0 Å². The fraction of sp³-hybridized carbons (Fsp3) is 0.643. The second kappa shape index (κ2) is 7.61. The van der Waals surface area contributed by atoms with Gasteiger partial charge in [0.1, 0.15) is 10.6 Å². The Morgan fingerprint density at radius 1 is 1.29 bits per heavy atom. The van der Waals surface area contributed by atoms with Crippen LogP contribution < -0.4 is 0 Å². The van der Waals surface area contributed by atoms with Crippen molar-refractivity contribution < 1.29 is 18.3 Å². The zero-order chi connectivity index (χ0) is 16.0. The predicted octanol–water partition coefficient (Wildman–Crippen LogP) is 2.41. The Kier molecular flexibility index (Phi) is 6.42. The molecule has 0 radical (unpaired) electrons. The van der Waals surface area contributed by atoms with E-state index in [9.17, 15) is 18.3 Å². The Morgan fingerprint density at radius 3 is 2.43 bits per heavy atom. The van der Waals surface area contributed by atoms with E-state index in [4.69, 9.17) is 0 Å². The predicted molar refractivity (Wildman–Crippen MR) is 81.0 cm³/mol. The van der Waals surface area contributed by atoms with Crippen molar-refractivity contribution in [3.8, 4) is 0 Å². The van der Waals surface area contributed by atoms with Gasteiger partial charge in [-0.05, 0) is 18.9 Å². The summed E-state index contributed by atoms with van der Waals surface area (Å²) in [4.78, 5) is 11.3. The molecule has 0 spiro atoms. The first-order chi connectivity index (χ1) is 9.88. The summed E-state index contributed by atoms with van der Waals surface area (Å²) in [6, 6.07) is 1.25. The molecule has 120 valence electrons. The molecule has 0 aliphatic heterocycles. The monoisotopic (exact) mass is 316 g/mol. The minimum Gasteiger partial charge on any atom is -0.477 e. The minimum absolute atomic E-state index is 0.0157. The number of nitrogens with zero attached hydrogens (tertiary/aromatic N) is 2. The topological polar surface area (TPSA) is 79.6 Å². The molecule has 1 aromatic heterocycles. The van der Waals surface area contributed by atoms with Crippen molar-refractivity contribution >= 4 is 16.0 Å². The molecule has 1 heterocycles. The average Bonchev–Trinajstić information content (AvgIpc) is 2.85. The molecule has 0 saturated heterocycles. The molecule has 0 atom stereocenters. The van der Waals surface area contributed by atoms with E-state index in [0.717, 1.165) is 19.3 Å². The number of carbonyl (C=O) groups is 1. The van der Waals surface area contributed by atoms with Gasteiger partial charge in [0, 0.05) is 25.8 Å². The van der Waals surface area contributed by atoms with Crippen molar-refractivity contribution in [2.75, 3.05) is 13.1 Å². The summed E-state index contributed by atoms with van der Waals surface area (Å²) in [6.45, 7) is 7.02. The van der Waals surface area contributed by atoms with E-state index in [-0.39, 0.29) is 10.6 Å². The van der Waals surface area contributed by atoms with E-state index in [1.54, 1.807) is 6.92 Å². The van der Waals surface area contributed by atoms with Crippen LogP contribution >= 0.6 is 0 Å². The van der Waals surface area contributed by atoms with Crippen LogP contribution in [0.1, 0.15) is 50.5 Å². The van der Waals surface area contributed by atoms with E-state index in [2.05, 4.69) is 0 Å². The third-order valence-corrected chi connectivity index (χ3v) is 5.25. The standard InChI is InChI=1S/C14H24N2O4S/c1-4-7-9-16(6-3)21(19,20)12-10-13(14(17)18)15(11-12)8-5-2/h10-11H,4-9H2,1-3H3,(H,17,18). The van der Waals surface area contributed by atoms with Crippen LogP contribution in [0.4, 0.5) is 0 Å². The molecule has 0 fully saturated rings. The molecule has 1 N–H and O–H groups in total. The van der Waals surface area contributed by atoms with Gasteiger partial charge in [-0.2, -0.15) is 4.31 Å². The quantitative estimate of drug-likeness (QED) is 0.758. The summed E-state index contributed by atoms with van der Waals surface area (Å²) in [6.07, 6.45) is 3.86. The van der Waals surface area contributed by atoms with Gasteiger partial charge in [0.15, 0.2) is 0 Å². The largest absolute Gasteiger partial charge is 0.477 e. The fourth-order valence-electron chi connectivity index (χ4n) is 2.16. The Bertz CT molecular complexity index is 578. The van der Waals surface area contributed by atoms with Crippen LogP contribution in [-0.2, 0) is 16.6 Å². The minimum atomic E-state index is -3.63. The molecule has 0 unspecified atom stereocenters. The second-order valence-electron chi connectivity index (χ2n) is 4.91. The highest BCUT2D eigenvalue weighted by Crippen LogP contribution is 2.20. The number of aryl methyl sites for hydroxylation is 1. The summed E-state index contributed by atoms with van der Waals surface area (Å²) in [5.41, 5.74) is 0.0157. The van der Waals surface area contributed by atoms with Crippen molar-refractivity contribution in [3.63, 3.8) is 0 Å². The summed E-state index contributed by atoms with van der Waals surface area (Å²) < 4.78 is 28.0. The molecule has 1 aromatic rings. The van der Waals surface area contributed by atoms with E-state index in [1.165, 1.54) is 21.1 Å². The lowest BCUT2D eigenvalue weighted by molar-refractivity contribution is 0.0685. The maximum atomic E-state index is 12.6. The van der Waals surface area contributed by atoms with E-state index in [1.807, 2.05) is 13.8 Å². The zero-order valence-electron chi connectivity index (χ0n) is 12.9. The zero-order valence-corrected chi connectivity index (χ0v) is 13.7. The highest BCUT2D eigenvalue weighted by molar-refractivity contribution is 7.89. The van der Waals surface area contributed by atoms with Gasteiger partial charge >= 0.3 is 5.97 Å². The SMILES string of the molecule is CCCCN(CC)S(=O)(=O)c1cc(C(=O)O)n(CCC)c1. The normalized spacial score (nSPS) is 12.0. The molecular weight excluding hydrogens is 292 g/mol. The lowest BCUT2D eigenvalue weighted by atomic mass is 10.3. The number of carboxylic acids is 1. The number of sulfonamides is 1. The summed E-state index contributed by atoms with van der Waals surface area (Å²) in [5, 5.41) is 9.18. The lowest BCUT2D eigenvalue weighted by Crippen LogP contribution is -2.31. The highest BCUT2D eigenvalue weighted by atomic mass is 32.2. The average molecular weight is 316 g/mol. The van der Waals surface area contributed by atoms with Crippen LogP contribution in [-0.4, -0.2) is 41.5 Å². The molecule has 0 amide bonds. The summed E-state index contributed by atoms with van der Waals surface area (Å²) in [7, 11) is -3.63. The highest BCUT2D eigenvalue weighted by Gasteiger charge is 2.26. The van der Waals surface area contributed by atoms with Crippen LogP contribution in [0.5, 0.6) is 0 Å². The summed E-state index contributed by atoms with van der Waals surface area (Å²) in [5.74, 6) is -1.11. The number of carboxylic acid groups (broad SMARTS) is 1. The van der Waals surface area contributed by atoms with Crippen molar-refractivity contribution in [2.24, 2.45) is 0 Å². The molecule has 0 aromatic carbocycles. The van der Waals surface area contributed by atoms with E-state index in [0.29, 0.717) is 19.6 Å². The van der Waals surface area contributed by atoms with Gasteiger partial charge in [-0.3, -0.25) is 0 Å². The van der Waals surface area contributed by atoms with E-state index < -0.39 is 16.0 Å². The molecule has 21 heavy (non-hydrogen) atoms. The number of unbranched alkanes of at least 4 members (excludes halogenated alkanes) is 1. The van der Waals surface area contributed by atoms with E-state index >= 15 is 0 Å². The molecule has 0 saturated carbocycles. The van der Waals surface area contributed by atoms with Gasteiger partial charge < -0.3 is 9.67 Å². The van der Waals surface area contributed by atoms with Crippen molar-refractivity contribution in [2.45, 2.75) is 51.5 Å². The molecule has 6 nitrogen and oxygen atoms in total. The number of aromatic nitrogens is 1. The van der Waals surface area contributed by atoms with Crippen LogP contribution in [0.3, 0.4) is 0 Å². The molecule has 0 aliphatic rings. The maximum absolute atomic E-state index is 12.6. The number of rotatable bonds is 9. The molecular formula is C14H24N2O4S. The first-order valence-electron chi connectivity index (χ1n) is 7.32. The van der Waals surface area contributed by atoms with Gasteiger partial charge in [-0.25, -0.2) is 13.2 Å². The van der Waals surface area contributed by atoms with Crippen LogP contribution in [0, 0.1) is 0 Å². The first kappa shape index (κ1) is 17.7. The Hall–Kier alpha value is -1.34. The molecule has 0 aliphatic carbocycles. The third kappa shape index (κ3) is 4.07. The lowest BCUT2D eigenvalue weighted by Gasteiger charge is -2.19. The van der Waals surface area contributed by atoms with Gasteiger partial charge in [0.25, 0.3) is 0 Å². The Morgan fingerprint density at radius 2 is 1.95 bits per heavy atom. The van der Waals surface area contributed by atoms with Crippen LogP contribution in [0.2, 0.25) is 0 Å². The Balaban J connectivity index is 3.18. The van der Waals surface area contributed by atoms with Gasteiger partial charge in [0.2, 0.25) is 10.0 Å². The smallest absolute Gasteiger partial charge is 0.352 e. The second-order valence-corrected chi connectivity index (χ2v) is 6.85. The van der Waals surface area contributed by atoms with Crippen molar-refractivity contribution in [1.29, 1.82) is 0 Å². The van der Waals surface area contributed by atoms with Crippen LogP contribution in [0.25, 0.3) is 0 Å². The molecule has 7 heteroatoms. The van der Waals surface area contributed by atoms with Crippen molar-refractivity contribution in [1.82, 2.24) is 8.87 Å². The number of hydrogen-bond acceptors (Lipinski definition) is 3. The molecule has 1 rings (SSSR count). The Labute approximate surface area is 126 Å². The number of aromatic carboxylic acids is 1. The van der Waals surface area contributed by atoms with Crippen LogP contribution in [0.15, 0.2) is 17.2 Å². The van der Waals surface area contributed by atoms with Gasteiger partial charge in [0.05, 0.1) is 0 Å². The summed E-state index contributed by atoms with van der Waals surface area (Å²) >= 11 is 0. The fourth-order valence-corrected chi connectivity index (χ4v) is 3.69. The number of hydrogen-bond donors (Lipinski definition) is 1. The maximum Gasteiger partial charge on any atom is 0.352 e. The van der Waals surface area contributed by atoms with Gasteiger partial charge in [-0.15, -0.1) is 0 Å². The third-order valence-electron chi connectivity index (χ3n) is 3.31.